The smallest absolute Gasteiger partial charge is 0.347 e. The molecule has 2 aromatic heterocycles. The van der Waals surface area contributed by atoms with E-state index in [4.69, 9.17) is 0 Å². The number of hydrogen-bond donors (Lipinski definition) is 2. The maximum atomic E-state index is 13.6. The summed E-state index contributed by atoms with van der Waals surface area (Å²) < 4.78 is 47.0. The summed E-state index contributed by atoms with van der Waals surface area (Å²) in [4.78, 5) is 0. The van der Waals surface area contributed by atoms with Gasteiger partial charge in [-0.1, -0.05) is 44.9 Å². The van der Waals surface area contributed by atoms with Gasteiger partial charge in [-0.25, -0.2) is 0 Å². The van der Waals surface area contributed by atoms with Crippen LogP contribution in [0, 0.1) is 5.41 Å². The highest BCUT2D eigenvalue weighted by Crippen LogP contribution is 2.38. The van der Waals surface area contributed by atoms with Crippen LogP contribution in [0.15, 0.2) is 42.9 Å². The minimum absolute atomic E-state index is 0.00735. The molecule has 4 nitrogen and oxygen atoms in total. The molecule has 3 aromatic rings. The van der Waals surface area contributed by atoms with Crippen molar-refractivity contribution in [3.05, 3.63) is 54.0 Å². The Morgan fingerprint density at radius 3 is 2.58 bits per heavy atom. The minimum Gasteiger partial charge on any atom is -0.347 e. The third-order valence-electron chi connectivity index (χ3n) is 5.21. The molecule has 8 heteroatoms. The van der Waals surface area contributed by atoms with Crippen LogP contribution in [0.25, 0.3) is 22.0 Å². The Balaban J connectivity index is 1.78. The zero-order chi connectivity index (χ0) is 22.4. The lowest BCUT2D eigenvalue weighted by Crippen LogP contribution is -2.30. The van der Waals surface area contributed by atoms with Crippen molar-refractivity contribution in [3.63, 3.8) is 0 Å². The molecule has 0 amide bonds. The molecular formula is C23H27F3N3OS+. The Morgan fingerprint density at radius 1 is 1.19 bits per heavy atom. The lowest BCUT2D eigenvalue weighted by molar-refractivity contribution is -0.904. The fourth-order valence-electron chi connectivity index (χ4n) is 3.70. The van der Waals surface area contributed by atoms with Crippen LogP contribution < -0.4 is 9.45 Å². The number of halogens is 3. The first-order valence-corrected chi connectivity index (χ1v) is 11.2. The van der Waals surface area contributed by atoms with Crippen molar-refractivity contribution < 1.29 is 23.1 Å². The molecule has 31 heavy (non-hydrogen) atoms. The Bertz CT molecular complexity index is 1100. The van der Waals surface area contributed by atoms with E-state index in [0.717, 1.165) is 41.5 Å². The van der Waals surface area contributed by atoms with Crippen molar-refractivity contribution >= 4 is 22.9 Å². The molecule has 0 aliphatic heterocycles. The summed E-state index contributed by atoms with van der Waals surface area (Å²) in [5.74, 6) is 0. The number of aromatic nitrogens is 2. The molecule has 0 saturated heterocycles. The summed E-state index contributed by atoms with van der Waals surface area (Å²) >= 11 is 1.76. The molecule has 1 aromatic carbocycles. The zero-order valence-corrected chi connectivity index (χ0v) is 18.6. The van der Waals surface area contributed by atoms with Crippen molar-refractivity contribution in [2.45, 2.75) is 58.1 Å². The molecule has 0 unspecified atom stereocenters. The number of fused-ring (bicyclic) bond motifs is 1. The highest BCUT2D eigenvalue weighted by Gasteiger charge is 2.35. The second kappa shape index (κ2) is 8.06. The fourth-order valence-corrected chi connectivity index (χ4v) is 4.55. The first-order valence-electron chi connectivity index (χ1n) is 10.3. The largest absolute Gasteiger partial charge is 0.417 e. The van der Waals surface area contributed by atoms with E-state index in [1.165, 1.54) is 12.8 Å². The second-order valence-electron chi connectivity index (χ2n) is 9.36. The van der Waals surface area contributed by atoms with Gasteiger partial charge in [-0.15, -0.1) is 0 Å². The number of benzene rings is 1. The van der Waals surface area contributed by atoms with E-state index in [1.54, 1.807) is 24.1 Å². The molecule has 0 atom stereocenters. The topological polar surface area (TPSA) is 41.1 Å². The monoisotopic (exact) mass is 450 g/mol. The molecule has 0 spiro atoms. The number of pyridine rings is 1. The molecule has 1 aliphatic rings. The number of nitrogens with one attached hydrogen (secondary N) is 1. The molecule has 0 radical (unpaired) electrons. The number of alkyl halides is 3. The van der Waals surface area contributed by atoms with Crippen molar-refractivity contribution in [3.8, 4) is 11.1 Å². The van der Waals surface area contributed by atoms with Crippen LogP contribution in [0.5, 0.6) is 0 Å². The van der Waals surface area contributed by atoms with Gasteiger partial charge in [-0.3, -0.25) is 9.93 Å². The standard InChI is InChI=1S/C23H27F3N3OS/c1-22(2,3)14-28-12-16(11-27-31-17-5-6-17)18-7-4-15(10-21(18)28)19-13-29(30)9-8-20(19)23(24,25)26/h4,7-10,12-13,17,27,30H,5-6,11,14H2,1-3H3/q+1. The summed E-state index contributed by atoms with van der Waals surface area (Å²) in [7, 11) is 0. The van der Waals surface area contributed by atoms with Gasteiger partial charge in [0.2, 0.25) is 12.4 Å². The fraction of sp³-hybridized carbons (Fsp3) is 0.435. The van der Waals surface area contributed by atoms with Crippen molar-refractivity contribution in [1.82, 2.24) is 9.29 Å². The summed E-state index contributed by atoms with van der Waals surface area (Å²) in [5.41, 5.74) is 1.62. The van der Waals surface area contributed by atoms with Gasteiger partial charge in [-0.05, 0) is 35.4 Å². The van der Waals surface area contributed by atoms with Crippen molar-refractivity contribution in [2.75, 3.05) is 0 Å². The van der Waals surface area contributed by atoms with Crippen molar-refractivity contribution in [1.29, 1.82) is 0 Å². The van der Waals surface area contributed by atoms with E-state index in [1.807, 2.05) is 6.07 Å². The SMILES string of the molecule is CC(C)(C)Cn1cc(CNSC2CC2)c2ccc(-c3c[n+](O)ccc3C(F)(F)F)cc21. The van der Waals surface area contributed by atoms with E-state index in [0.29, 0.717) is 22.1 Å². The highest BCUT2D eigenvalue weighted by molar-refractivity contribution is 7.98. The summed E-state index contributed by atoms with van der Waals surface area (Å²) in [5, 5.41) is 11.5. The second-order valence-corrected chi connectivity index (χ2v) is 10.6. The molecular weight excluding hydrogens is 423 g/mol. The van der Waals surface area contributed by atoms with Gasteiger partial charge < -0.3 is 4.57 Å². The molecule has 4 rings (SSSR count). The minimum atomic E-state index is -4.51. The van der Waals surface area contributed by atoms with Crippen LogP contribution in [-0.2, 0) is 19.3 Å². The van der Waals surface area contributed by atoms with E-state index in [-0.39, 0.29) is 11.0 Å². The zero-order valence-electron chi connectivity index (χ0n) is 17.8. The number of nitrogens with zero attached hydrogens (tertiary/aromatic N) is 2. The van der Waals surface area contributed by atoms with E-state index < -0.39 is 11.7 Å². The first kappa shape index (κ1) is 22.0. The Labute approximate surface area is 184 Å². The van der Waals surface area contributed by atoms with E-state index in [2.05, 4.69) is 36.3 Å². The quantitative estimate of drug-likeness (QED) is 0.283. The summed E-state index contributed by atoms with van der Waals surface area (Å²) in [6, 6.07) is 6.28. The summed E-state index contributed by atoms with van der Waals surface area (Å²) in [6.07, 6.45) is 2.18. The van der Waals surface area contributed by atoms with Crippen LogP contribution >= 0.6 is 11.9 Å². The van der Waals surface area contributed by atoms with Gasteiger partial charge in [0.05, 0.1) is 11.1 Å². The van der Waals surface area contributed by atoms with Crippen LogP contribution in [0.1, 0.15) is 44.7 Å². The predicted molar refractivity (Wildman–Crippen MR) is 117 cm³/mol. The Hall–Kier alpha value is -2.19. The molecule has 1 saturated carbocycles. The van der Waals surface area contributed by atoms with E-state index >= 15 is 0 Å². The third kappa shape index (κ3) is 5.18. The van der Waals surface area contributed by atoms with Gasteiger partial charge in [-0.2, -0.15) is 13.2 Å². The average Bonchev–Trinajstić information content (AvgIpc) is 3.42. The van der Waals surface area contributed by atoms with E-state index in [9.17, 15) is 18.4 Å². The van der Waals surface area contributed by atoms with Crippen LogP contribution in [0.4, 0.5) is 13.2 Å². The Kier molecular flexibility index (Phi) is 5.72. The van der Waals surface area contributed by atoms with Gasteiger partial charge in [0.1, 0.15) is 0 Å². The molecule has 2 N–H and O–H groups in total. The maximum absolute atomic E-state index is 13.6. The normalized spacial score (nSPS) is 15.0. The van der Waals surface area contributed by atoms with Crippen LogP contribution in [0.2, 0.25) is 0 Å². The van der Waals surface area contributed by atoms with Crippen molar-refractivity contribution in [2.24, 2.45) is 5.41 Å². The predicted octanol–water partition coefficient (Wildman–Crippen LogP) is 5.80. The lowest BCUT2D eigenvalue weighted by Gasteiger charge is -2.20. The van der Waals surface area contributed by atoms with Gasteiger partial charge >= 0.3 is 6.18 Å². The van der Waals surface area contributed by atoms with Gasteiger partial charge in [0.25, 0.3) is 0 Å². The van der Waals surface area contributed by atoms with Gasteiger partial charge in [0, 0.05) is 46.2 Å². The third-order valence-corrected chi connectivity index (χ3v) is 6.32. The number of rotatable bonds is 6. The highest BCUT2D eigenvalue weighted by atomic mass is 32.2. The molecule has 1 aliphatic carbocycles. The molecule has 0 bridgehead atoms. The average molecular weight is 451 g/mol. The van der Waals surface area contributed by atoms with Crippen LogP contribution in [-0.4, -0.2) is 15.0 Å². The molecule has 166 valence electrons. The van der Waals surface area contributed by atoms with Crippen LogP contribution in [0.3, 0.4) is 0 Å². The molecule has 1 fully saturated rings. The number of hydrogen-bond acceptors (Lipinski definition) is 3. The Morgan fingerprint density at radius 2 is 1.94 bits per heavy atom. The maximum Gasteiger partial charge on any atom is 0.417 e. The van der Waals surface area contributed by atoms with Gasteiger partial charge in [0.15, 0.2) is 0 Å². The molecule has 2 heterocycles. The first-order chi connectivity index (χ1) is 14.5. The summed E-state index contributed by atoms with van der Waals surface area (Å²) in [6.45, 7) is 7.85. The lowest BCUT2D eigenvalue weighted by atomic mass is 9.96.